The first-order valence-electron chi connectivity index (χ1n) is 12.7. The molecule has 10 nitrogen and oxygen atoms in total. The first kappa shape index (κ1) is 31.9. The van der Waals surface area contributed by atoms with Crippen molar-refractivity contribution in [1.29, 1.82) is 0 Å². The van der Waals surface area contributed by atoms with Crippen molar-refractivity contribution in [3.63, 3.8) is 0 Å². The molecule has 13 heteroatoms. The van der Waals surface area contributed by atoms with Crippen LogP contribution in [0.5, 0.6) is 0 Å². The van der Waals surface area contributed by atoms with Crippen molar-refractivity contribution in [3.8, 4) is 0 Å². The quantitative estimate of drug-likeness (QED) is 0.212. The van der Waals surface area contributed by atoms with Gasteiger partial charge in [0.25, 0.3) is 15.7 Å². The summed E-state index contributed by atoms with van der Waals surface area (Å²) in [5.41, 5.74) is 0.383. The molecular weight excluding hydrogens is 591 g/mol. The second-order valence-electron chi connectivity index (χ2n) is 9.46. The summed E-state index contributed by atoms with van der Waals surface area (Å²) in [5, 5.41) is 14.6. The standard InChI is InChI=1S/C28H30Cl2N4O6S/c1-4-26(28(36)31-19(2)3)32(17-20-10-15-24(29)25(30)16-20)27(35)18-33(21-11-13-22(14-12-21)34(37)38)41(39,40)23-8-6-5-7-9-23/h5-16,19,26H,4,17-18H2,1-3H3,(H,31,36)/t26-/m0/s1. The molecule has 0 aliphatic rings. The maximum absolute atomic E-state index is 14.0. The molecule has 0 spiro atoms. The van der Waals surface area contributed by atoms with E-state index in [0.29, 0.717) is 10.6 Å². The minimum Gasteiger partial charge on any atom is -0.352 e. The fourth-order valence-electron chi connectivity index (χ4n) is 4.12. The maximum Gasteiger partial charge on any atom is 0.269 e. The zero-order valence-electron chi connectivity index (χ0n) is 22.7. The molecule has 0 aliphatic heterocycles. The van der Waals surface area contributed by atoms with Gasteiger partial charge in [0, 0.05) is 24.7 Å². The Morgan fingerprint density at radius 3 is 2.15 bits per heavy atom. The summed E-state index contributed by atoms with van der Waals surface area (Å²) >= 11 is 12.3. The van der Waals surface area contributed by atoms with Gasteiger partial charge in [0.05, 0.1) is 25.6 Å². The summed E-state index contributed by atoms with van der Waals surface area (Å²) in [5.74, 6) is -1.07. The summed E-state index contributed by atoms with van der Waals surface area (Å²) in [6, 6.07) is 16.0. The largest absolute Gasteiger partial charge is 0.352 e. The van der Waals surface area contributed by atoms with E-state index in [9.17, 15) is 28.1 Å². The average Bonchev–Trinajstić information content (AvgIpc) is 2.93. The van der Waals surface area contributed by atoms with E-state index in [2.05, 4.69) is 5.32 Å². The Morgan fingerprint density at radius 2 is 1.61 bits per heavy atom. The van der Waals surface area contributed by atoms with Gasteiger partial charge < -0.3 is 10.2 Å². The minimum absolute atomic E-state index is 0.0435. The van der Waals surface area contributed by atoms with Gasteiger partial charge in [-0.1, -0.05) is 54.4 Å². The average molecular weight is 622 g/mol. The Hall–Kier alpha value is -3.67. The molecule has 0 saturated carbocycles. The molecule has 3 aromatic rings. The van der Waals surface area contributed by atoms with Gasteiger partial charge >= 0.3 is 0 Å². The third-order valence-electron chi connectivity index (χ3n) is 6.11. The van der Waals surface area contributed by atoms with E-state index in [1.165, 1.54) is 29.2 Å². The molecule has 218 valence electrons. The van der Waals surface area contributed by atoms with Gasteiger partial charge in [-0.25, -0.2) is 8.42 Å². The molecule has 0 aliphatic carbocycles. The summed E-state index contributed by atoms with van der Waals surface area (Å²) in [7, 11) is -4.30. The Morgan fingerprint density at radius 1 is 0.976 bits per heavy atom. The molecule has 0 radical (unpaired) electrons. The van der Waals surface area contributed by atoms with Crippen LogP contribution in [0.4, 0.5) is 11.4 Å². The number of nitrogens with zero attached hydrogens (tertiary/aromatic N) is 3. The summed E-state index contributed by atoms with van der Waals surface area (Å²) < 4.78 is 28.4. The van der Waals surface area contributed by atoms with Crippen molar-refractivity contribution in [1.82, 2.24) is 10.2 Å². The van der Waals surface area contributed by atoms with E-state index in [1.54, 1.807) is 57.2 Å². The summed E-state index contributed by atoms with van der Waals surface area (Å²) in [4.78, 5) is 39.0. The van der Waals surface area contributed by atoms with Crippen LogP contribution >= 0.6 is 23.2 Å². The van der Waals surface area contributed by atoms with Crippen molar-refractivity contribution < 1.29 is 22.9 Å². The summed E-state index contributed by atoms with van der Waals surface area (Å²) in [6.45, 7) is 4.59. The number of nitrogens with one attached hydrogen (secondary N) is 1. The van der Waals surface area contributed by atoms with Gasteiger partial charge in [0.2, 0.25) is 11.8 Å². The smallest absolute Gasteiger partial charge is 0.269 e. The van der Waals surface area contributed by atoms with Crippen LogP contribution in [-0.4, -0.2) is 48.7 Å². The number of benzene rings is 3. The van der Waals surface area contributed by atoms with Crippen molar-refractivity contribution >= 4 is 56.4 Å². The normalized spacial score (nSPS) is 12.0. The van der Waals surface area contributed by atoms with Crippen LogP contribution in [-0.2, 0) is 26.2 Å². The molecular formula is C28H30Cl2N4O6S. The third-order valence-corrected chi connectivity index (χ3v) is 8.64. The number of rotatable bonds is 12. The maximum atomic E-state index is 14.0. The van der Waals surface area contributed by atoms with Gasteiger partial charge in [-0.2, -0.15) is 0 Å². The number of amides is 2. The highest BCUT2D eigenvalue weighted by molar-refractivity contribution is 7.92. The lowest BCUT2D eigenvalue weighted by atomic mass is 10.1. The van der Waals surface area contributed by atoms with Crippen molar-refractivity contribution in [3.05, 3.63) is 98.5 Å². The number of anilines is 1. The molecule has 41 heavy (non-hydrogen) atoms. The Bertz CT molecular complexity index is 1500. The predicted molar refractivity (Wildman–Crippen MR) is 158 cm³/mol. The molecule has 1 N–H and O–H groups in total. The van der Waals surface area contributed by atoms with E-state index in [0.717, 1.165) is 16.4 Å². The Labute approximate surface area is 249 Å². The Kier molecular flexibility index (Phi) is 10.7. The van der Waals surface area contributed by atoms with Gasteiger partial charge in [0.1, 0.15) is 12.6 Å². The van der Waals surface area contributed by atoms with Crippen LogP contribution in [0, 0.1) is 10.1 Å². The van der Waals surface area contributed by atoms with E-state index < -0.39 is 39.3 Å². The molecule has 2 amide bonds. The number of nitro benzene ring substituents is 1. The fourth-order valence-corrected chi connectivity index (χ4v) is 5.88. The molecule has 3 aromatic carbocycles. The third kappa shape index (κ3) is 7.96. The molecule has 0 bridgehead atoms. The van der Waals surface area contributed by atoms with Crippen LogP contribution in [0.25, 0.3) is 0 Å². The number of carbonyl (C=O) groups is 2. The highest BCUT2D eigenvalue weighted by Crippen LogP contribution is 2.28. The molecule has 1 atom stereocenters. The van der Waals surface area contributed by atoms with Gasteiger partial charge in [-0.3, -0.25) is 24.0 Å². The highest BCUT2D eigenvalue weighted by atomic mass is 35.5. The lowest BCUT2D eigenvalue weighted by molar-refractivity contribution is -0.384. The first-order valence-corrected chi connectivity index (χ1v) is 14.9. The van der Waals surface area contributed by atoms with E-state index >= 15 is 0 Å². The minimum atomic E-state index is -4.30. The van der Waals surface area contributed by atoms with E-state index in [1.807, 2.05) is 0 Å². The second kappa shape index (κ2) is 13.8. The molecule has 0 aromatic heterocycles. The van der Waals surface area contributed by atoms with Gasteiger partial charge in [-0.15, -0.1) is 0 Å². The number of non-ortho nitro benzene ring substituents is 1. The second-order valence-corrected chi connectivity index (χ2v) is 12.1. The van der Waals surface area contributed by atoms with Crippen molar-refractivity contribution in [2.45, 2.75) is 50.7 Å². The van der Waals surface area contributed by atoms with Crippen molar-refractivity contribution in [2.75, 3.05) is 10.8 Å². The predicted octanol–water partition coefficient (Wildman–Crippen LogP) is 5.43. The fraction of sp³-hybridized carbons (Fsp3) is 0.286. The molecule has 0 saturated heterocycles. The zero-order valence-corrected chi connectivity index (χ0v) is 25.0. The molecule has 0 fully saturated rings. The van der Waals surface area contributed by atoms with Crippen LogP contribution in [0.2, 0.25) is 10.0 Å². The number of nitro groups is 1. The highest BCUT2D eigenvalue weighted by Gasteiger charge is 2.34. The van der Waals surface area contributed by atoms with E-state index in [-0.39, 0.29) is 40.3 Å². The topological polar surface area (TPSA) is 130 Å². The Balaban J connectivity index is 2.08. The number of hydrogen-bond acceptors (Lipinski definition) is 6. The van der Waals surface area contributed by atoms with Crippen LogP contribution in [0.15, 0.2) is 77.7 Å². The van der Waals surface area contributed by atoms with Gasteiger partial charge in [0.15, 0.2) is 0 Å². The van der Waals surface area contributed by atoms with Crippen LogP contribution < -0.4 is 9.62 Å². The number of sulfonamides is 1. The number of hydrogen-bond donors (Lipinski definition) is 1. The van der Waals surface area contributed by atoms with Crippen molar-refractivity contribution in [2.24, 2.45) is 0 Å². The van der Waals surface area contributed by atoms with E-state index in [4.69, 9.17) is 23.2 Å². The SMILES string of the molecule is CC[C@@H](C(=O)NC(C)C)N(Cc1ccc(Cl)c(Cl)c1)C(=O)CN(c1ccc([N+](=O)[O-])cc1)S(=O)(=O)c1ccccc1. The van der Waals surface area contributed by atoms with Crippen LogP contribution in [0.1, 0.15) is 32.8 Å². The van der Waals surface area contributed by atoms with Gasteiger partial charge in [-0.05, 0) is 62.2 Å². The first-order chi connectivity index (χ1) is 19.3. The molecule has 3 rings (SSSR count). The van der Waals surface area contributed by atoms with Crippen LogP contribution in [0.3, 0.4) is 0 Å². The summed E-state index contributed by atoms with van der Waals surface area (Å²) in [6.07, 6.45) is 0.245. The number of halogens is 2. The molecule has 0 heterocycles. The molecule has 0 unspecified atom stereocenters. The lowest BCUT2D eigenvalue weighted by Gasteiger charge is -2.33. The monoisotopic (exact) mass is 620 g/mol. The lowest BCUT2D eigenvalue weighted by Crippen LogP contribution is -2.53. The number of carbonyl (C=O) groups excluding carboxylic acids is 2. The zero-order chi connectivity index (χ0) is 30.3.